The lowest BCUT2D eigenvalue weighted by molar-refractivity contribution is -0.120. The van der Waals surface area contributed by atoms with Crippen LogP contribution in [0.25, 0.3) is 11.1 Å². The van der Waals surface area contributed by atoms with Crippen molar-refractivity contribution in [2.24, 2.45) is 0 Å². The lowest BCUT2D eigenvalue weighted by Crippen LogP contribution is -2.24. The molecule has 0 aliphatic heterocycles. The zero-order valence-electron chi connectivity index (χ0n) is 13.2. The van der Waals surface area contributed by atoms with Crippen molar-refractivity contribution in [1.29, 1.82) is 0 Å². The van der Waals surface area contributed by atoms with Crippen LogP contribution < -0.4 is 5.32 Å². The topological polar surface area (TPSA) is 29.1 Å². The number of hydrogen-bond acceptors (Lipinski definition) is 1. The third kappa shape index (κ3) is 4.46. The van der Waals surface area contributed by atoms with Gasteiger partial charge < -0.3 is 5.32 Å². The van der Waals surface area contributed by atoms with E-state index in [2.05, 4.69) is 29.6 Å². The molecule has 0 saturated heterocycles. The monoisotopic (exact) mass is 335 g/mol. The van der Waals surface area contributed by atoms with Gasteiger partial charge in [0.05, 0.1) is 6.42 Å². The summed E-state index contributed by atoms with van der Waals surface area (Å²) in [6.07, 6.45) is 0.378. The van der Waals surface area contributed by atoms with Crippen molar-refractivity contribution in [2.45, 2.75) is 13.0 Å². The summed E-state index contributed by atoms with van der Waals surface area (Å²) in [6, 6.07) is 25.8. The zero-order valence-corrected chi connectivity index (χ0v) is 14.0. The van der Waals surface area contributed by atoms with Gasteiger partial charge in [0, 0.05) is 11.6 Å². The molecule has 0 aliphatic rings. The molecular weight excluding hydrogens is 318 g/mol. The Morgan fingerprint density at radius 1 is 0.750 bits per heavy atom. The highest BCUT2D eigenvalue weighted by atomic mass is 35.5. The van der Waals surface area contributed by atoms with Gasteiger partial charge in [0.2, 0.25) is 5.91 Å². The molecule has 1 amide bonds. The second-order valence-corrected chi connectivity index (χ2v) is 6.08. The molecule has 0 aliphatic carbocycles. The number of amides is 1. The summed E-state index contributed by atoms with van der Waals surface area (Å²) >= 11 is 5.85. The number of hydrogen-bond donors (Lipinski definition) is 1. The molecular formula is C21H18ClNO. The Bertz CT molecular complexity index is 796. The molecule has 3 aromatic rings. The van der Waals surface area contributed by atoms with Gasteiger partial charge in [-0.2, -0.15) is 0 Å². The van der Waals surface area contributed by atoms with Gasteiger partial charge in [0.1, 0.15) is 0 Å². The van der Waals surface area contributed by atoms with E-state index in [0.717, 1.165) is 16.7 Å². The summed E-state index contributed by atoms with van der Waals surface area (Å²) in [5.74, 6) is 0.0115. The fourth-order valence-electron chi connectivity index (χ4n) is 2.50. The van der Waals surface area contributed by atoms with Gasteiger partial charge in [-0.15, -0.1) is 0 Å². The molecule has 0 aromatic heterocycles. The van der Waals surface area contributed by atoms with Crippen molar-refractivity contribution in [3.8, 4) is 11.1 Å². The van der Waals surface area contributed by atoms with Gasteiger partial charge in [0.25, 0.3) is 0 Å². The first-order chi connectivity index (χ1) is 11.7. The van der Waals surface area contributed by atoms with E-state index < -0.39 is 0 Å². The first-order valence-electron chi connectivity index (χ1n) is 7.86. The Balaban J connectivity index is 1.55. The van der Waals surface area contributed by atoms with E-state index in [-0.39, 0.29) is 5.91 Å². The first-order valence-corrected chi connectivity index (χ1v) is 8.24. The maximum Gasteiger partial charge on any atom is 0.224 e. The first kappa shape index (κ1) is 16.3. The van der Waals surface area contributed by atoms with E-state index in [1.54, 1.807) is 0 Å². The Hall–Kier alpha value is -2.58. The van der Waals surface area contributed by atoms with Gasteiger partial charge in [0.15, 0.2) is 0 Å². The molecule has 0 fully saturated rings. The van der Waals surface area contributed by atoms with Crippen molar-refractivity contribution in [3.05, 3.63) is 95.0 Å². The Morgan fingerprint density at radius 3 is 2.00 bits per heavy atom. The molecule has 0 saturated carbocycles. The maximum absolute atomic E-state index is 12.1. The molecule has 120 valence electrons. The second kappa shape index (κ2) is 7.80. The van der Waals surface area contributed by atoms with Crippen molar-refractivity contribution in [1.82, 2.24) is 5.32 Å². The van der Waals surface area contributed by atoms with Crippen LogP contribution >= 0.6 is 11.6 Å². The summed E-state index contributed by atoms with van der Waals surface area (Å²) in [5.41, 5.74) is 4.37. The Kier molecular flexibility index (Phi) is 5.29. The normalized spacial score (nSPS) is 10.4. The minimum Gasteiger partial charge on any atom is -0.352 e. The Labute approximate surface area is 147 Å². The van der Waals surface area contributed by atoms with Crippen molar-refractivity contribution in [2.75, 3.05) is 0 Å². The summed E-state index contributed by atoms with van der Waals surface area (Å²) in [7, 11) is 0. The van der Waals surface area contributed by atoms with Crippen LogP contribution in [0.2, 0.25) is 5.02 Å². The second-order valence-electron chi connectivity index (χ2n) is 5.64. The fraction of sp³-hybridized carbons (Fsp3) is 0.0952. The number of carbonyl (C=O) groups excluding carboxylic acids is 1. The van der Waals surface area contributed by atoms with Crippen molar-refractivity contribution < 1.29 is 4.79 Å². The average molecular weight is 336 g/mol. The van der Waals surface area contributed by atoms with Crippen LogP contribution in [0.3, 0.4) is 0 Å². The van der Waals surface area contributed by atoms with E-state index in [1.165, 1.54) is 5.56 Å². The van der Waals surface area contributed by atoms with Crippen LogP contribution in [0.4, 0.5) is 0 Å². The van der Waals surface area contributed by atoms with E-state index in [1.807, 2.05) is 54.6 Å². The van der Waals surface area contributed by atoms with Gasteiger partial charge >= 0.3 is 0 Å². The van der Waals surface area contributed by atoms with Gasteiger partial charge in [-0.3, -0.25) is 4.79 Å². The number of nitrogens with one attached hydrogen (secondary N) is 1. The van der Waals surface area contributed by atoms with Crippen molar-refractivity contribution in [3.63, 3.8) is 0 Å². The number of halogens is 1. The van der Waals surface area contributed by atoms with E-state index in [9.17, 15) is 4.79 Å². The quantitative estimate of drug-likeness (QED) is 0.708. The molecule has 0 unspecified atom stereocenters. The highest BCUT2D eigenvalue weighted by Gasteiger charge is 2.04. The summed E-state index contributed by atoms with van der Waals surface area (Å²) in [4.78, 5) is 12.1. The smallest absolute Gasteiger partial charge is 0.224 e. The number of rotatable bonds is 5. The maximum atomic E-state index is 12.1. The van der Waals surface area contributed by atoms with Crippen LogP contribution in [-0.2, 0) is 17.8 Å². The van der Waals surface area contributed by atoms with Crippen LogP contribution in [0.15, 0.2) is 78.9 Å². The van der Waals surface area contributed by atoms with Gasteiger partial charge in [-0.25, -0.2) is 0 Å². The van der Waals surface area contributed by atoms with Crippen LogP contribution in [-0.4, -0.2) is 5.91 Å². The molecule has 3 rings (SSSR count). The number of benzene rings is 3. The van der Waals surface area contributed by atoms with Crippen LogP contribution in [0, 0.1) is 0 Å². The number of carbonyl (C=O) groups is 1. The SMILES string of the molecule is O=C(Cc1ccc(-c2ccccc2)cc1)NCc1ccc(Cl)cc1. The molecule has 3 aromatic carbocycles. The standard InChI is InChI=1S/C21H18ClNO/c22-20-12-8-17(9-13-20)15-23-21(24)14-16-6-10-19(11-7-16)18-4-2-1-3-5-18/h1-13H,14-15H2,(H,23,24). The van der Waals surface area contributed by atoms with Gasteiger partial charge in [-0.05, 0) is 34.4 Å². The summed E-state index contributed by atoms with van der Waals surface area (Å²) in [6.45, 7) is 0.512. The highest BCUT2D eigenvalue weighted by molar-refractivity contribution is 6.30. The highest BCUT2D eigenvalue weighted by Crippen LogP contribution is 2.19. The molecule has 0 spiro atoms. The predicted octanol–water partition coefficient (Wildman–Crippen LogP) is 4.87. The Morgan fingerprint density at radius 2 is 1.33 bits per heavy atom. The predicted molar refractivity (Wildman–Crippen MR) is 98.9 cm³/mol. The van der Waals surface area contributed by atoms with Crippen molar-refractivity contribution >= 4 is 17.5 Å². The molecule has 1 N–H and O–H groups in total. The molecule has 0 bridgehead atoms. The molecule has 0 radical (unpaired) electrons. The minimum absolute atomic E-state index is 0.0115. The molecule has 24 heavy (non-hydrogen) atoms. The summed E-state index contributed by atoms with van der Waals surface area (Å²) < 4.78 is 0. The van der Waals surface area contributed by atoms with Gasteiger partial charge in [-0.1, -0.05) is 78.3 Å². The van der Waals surface area contributed by atoms with Crippen LogP contribution in [0.1, 0.15) is 11.1 Å². The molecule has 3 heteroatoms. The molecule has 2 nitrogen and oxygen atoms in total. The molecule has 0 heterocycles. The van der Waals surface area contributed by atoms with E-state index in [4.69, 9.17) is 11.6 Å². The van der Waals surface area contributed by atoms with Crippen LogP contribution in [0.5, 0.6) is 0 Å². The van der Waals surface area contributed by atoms with E-state index >= 15 is 0 Å². The van der Waals surface area contributed by atoms with E-state index in [0.29, 0.717) is 18.0 Å². The molecule has 0 atom stereocenters. The lowest BCUT2D eigenvalue weighted by Gasteiger charge is -2.07. The lowest BCUT2D eigenvalue weighted by atomic mass is 10.0. The minimum atomic E-state index is 0.0115. The third-order valence-corrected chi connectivity index (χ3v) is 4.08. The third-order valence-electron chi connectivity index (χ3n) is 3.83. The average Bonchev–Trinajstić information content (AvgIpc) is 2.63. The zero-order chi connectivity index (χ0) is 16.8. The fourth-order valence-corrected chi connectivity index (χ4v) is 2.62. The largest absolute Gasteiger partial charge is 0.352 e. The summed E-state index contributed by atoms with van der Waals surface area (Å²) in [5, 5.41) is 3.63.